The van der Waals surface area contributed by atoms with Gasteiger partial charge >= 0.3 is 0 Å². The molecule has 5 nitrogen and oxygen atoms in total. The fraction of sp³-hybridized carbons (Fsp3) is 0.500. The van der Waals surface area contributed by atoms with Gasteiger partial charge in [-0.2, -0.15) is 0 Å². The van der Waals surface area contributed by atoms with Gasteiger partial charge in [-0.3, -0.25) is 9.78 Å². The van der Waals surface area contributed by atoms with E-state index in [2.05, 4.69) is 4.98 Å². The second-order valence-electron chi connectivity index (χ2n) is 4.55. The number of carbonyl (C=O) groups is 1. The number of rotatable bonds is 1. The summed E-state index contributed by atoms with van der Waals surface area (Å²) in [6.07, 6.45) is 3.10. The first-order chi connectivity index (χ1) is 8.43. The monoisotopic (exact) mass is 268 g/mol. The molecule has 2 heterocycles. The molecule has 1 amide bonds. The highest BCUT2D eigenvalue weighted by Crippen LogP contribution is 2.21. The van der Waals surface area contributed by atoms with Crippen LogP contribution < -0.4 is 0 Å². The summed E-state index contributed by atoms with van der Waals surface area (Å²) in [4.78, 5) is 17.8. The number of hydrogen-bond acceptors (Lipinski definition) is 4. The number of pyridine rings is 1. The van der Waals surface area contributed by atoms with E-state index < -0.39 is 15.1 Å². The van der Waals surface area contributed by atoms with Crippen LogP contribution in [0.1, 0.15) is 24.2 Å². The van der Waals surface area contributed by atoms with Crippen molar-refractivity contribution in [3.63, 3.8) is 0 Å². The van der Waals surface area contributed by atoms with Gasteiger partial charge in [-0.05, 0) is 26.0 Å². The van der Waals surface area contributed by atoms with Gasteiger partial charge in [-0.15, -0.1) is 0 Å². The van der Waals surface area contributed by atoms with Crippen molar-refractivity contribution in [2.45, 2.75) is 25.1 Å². The van der Waals surface area contributed by atoms with Crippen LogP contribution in [-0.2, 0) is 9.84 Å². The molecule has 0 N–H and O–H groups in total. The number of aromatic nitrogens is 1. The summed E-state index contributed by atoms with van der Waals surface area (Å²) in [6, 6.07) is 3.08. The zero-order valence-electron chi connectivity index (χ0n) is 10.4. The van der Waals surface area contributed by atoms with Crippen LogP contribution in [0.25, 0.3) is 0 Å². The van der Waals surface area contributed by atoms with Crippen molar-refractivity contribution in [3.05, 3.63) is 30.1 Å². The molecule has 18 heavy (non-hydrogen) atoms. The first-order valence-electron chi connectivity index (χ1n) is 5.86. The zero-order valence-corrected chi connectivity index (χ0v) is 11.2. The molecule has 0 radical (unpaired) electrons. The van der Waals surface area contributed by atoms with Gasteiger partial charge in [0, 0.05) is 25.0 Å². The maximum absolute atomic E-state index is 12.3. The molecule has 1 aromatic rings. The van der Waals surface area contributed by atoms with E-state index in [1.807, 2.05) is 0 Å². The molecule has 1 aromatic heterocycles. The largest absolute Gasteiger partial charge is 0.334 e. The highest BCUT2D eigenvalue weighted by molar-refractivity contribution is 7.92. The molecule has 2 rings (SSSR count). The first-order valence-corrected chi connectivity index (χ1v) is 7.57. The molecule has 1 saturated heterocycles. The molecule has 0 unspecified atom stereocenters. The number of carbonyl (C=O) groups excluding carboxylic acids is 1. The Bertz CT molecular complexity index is 542. The van der Waals surface area contributed by atoms with Gasteiger partial charge < -0.3 is 4.90 Å². The Balaban J connectivity index is 2.23. The number of sulfone groups is 1. The topological polar surface area (TPSA) is 67.3 Å². The molecule has 1 fully saturated rings. The van der Waals surface area contributed by atoms with Gasteiger partial charge in [0.1, 0.15) is 0 Å². The summed E-state index contributed by atoms with van der Waals surface area (Å²) >= 11 is 0. The molecular weight excluding hydrogens is 252 g/mol. The second-order valence-corrected chi connectivity index (χ2v) is 7.03. The van der Waals surface area contributed by atoms with Gasteiger partial charge in [0.15, 0.2) is 9.84 Å². The standard InChI is InChI=1S/C12H16N2O3S/c1-9-10(2)18(16,17)7-6-14(9)12(15)11-4-3-5-13-8-11/h3-5,8-10H,6-7H2,1-2H3/t9-,10+/m0/s1. The summed E-state index contributed by atoms with van der Waals surface area (Å²) in [6.45, 7) is 3.68. The molecule has 0 aliphatic carbocycles. The van der Waals surface area contributed by atoms with Crippen molar-refractivity contribution >= 4 is 15.7 Å². The number of hydrogen-bond donors (Lipinski definition) is 0. The van der Waals surface area contributed by atoms with Gasteiger partial charge in [-0.1, -0.05) is 0 Å². The normalized spacial score (nSPS) is 26.9. The Hall–Kier alpha value is -1.43. The van der Waals surface area contributed by atoms with E-state index in [0.29, 0.717) is 5.56 Å². The van der Waals surface area contributed by atoms with Crippen LogP contribution in [0.15, 0.2) is 24.5 Å². The minimum absolute atomic E-state index is 0.0323. The zero-order chi connectivity index (χ0) is 13.3. The first kappa shape index (κ1) is 13.0. The maximum Gasteiger partial charge on any atom is 0.255 e. The van der Waals surface area contributed by atoms with Crippen LogP contribution in [0.2, 0.25) is 0 Å². The lowest BCUT2D eigenvalue weighted by atomic mass is 10.1. The van der Waals surface area contributed by atoms with Crippen LogP contribution in [-0.4, -0.2) is 47.8 Å². The van der Waals surface area contributed by atoms with Gasteiger partial charge in [0.25, 0.3) is 5.91 Å². The van der Waals surface area contributed by atoms with Crippen LogP contribution in [0.3, 0.4) is 0 Å². The highest BCUT2D eigenvalue weighted by Gasteiger charge is 2.38. The summed E-state index contributed by atoms with van der Waals surface area (Å²) in [7, 11) is -3.07. The van der Waals surface area contributed by atoms with Crippen LogP contribution in [0.5, 0.6) is 0 Å². The van der Waals surface area contributed by atoms with Gasteiger partial charge in [0.2, 0.25) is 0 Å². The van der Waals surface area contributed by atoms with E-state index in [1.54, 1.807) is 37.1 Å². The van der Waals surface area contributed by atoms with Crippen molar-refractivity contribution in [2.24, 2.45) is 0 Å². The van der Waals surface area contributed by atoms with E-state index >= 15 is 0 Å². The number of nitrogens with zero attached hydrogens (tertiary/aromatic N) is 2. The minimum atomic E-state index is -3.07. The Morgan fingerprint density at radius 2 is 2.17 bits per heavy atom. The second kappa shape index (κ2) is 4.68. The van der Waals surface area contributed by atoms with E-state index in [0.717, 1.165) is 0 Å². The van der Waals surface area contributed by atoms with Crippen LogP contribution >= 0.6 is 0 Å². The van der Waals surface area contributed by atoms with E-state index in [1.165, 1.54) is 6.20 Å². The Labute approximate surface area is 107 Å². The minimum Gasteiger partial charge on any atom is -0.334 e. The summed E-state index contributed by atoms with van der Waals surface area (Å²) in [5.41, 5.74) is 0.496. The molecule has 1 aliphatic heterocycles. The average Bonchev–Trinajstić information content (AvgIpc) is 2.37. The fourth-order valence-electron chi connectivity index (χ4n) is 2.11. The lowest BCUT2D eigenvalue weighted by molar-refractivity contribution is 0.0693. The molecule has 0 aromatic carbocycles. The molecule has 0 bridgehead atoms. The van der Waals surface area contributed by atoms with E-state index in [9.17, 15) is 13.2 Å². The molecule has 2 atom stereocenters. The van der Waals surface area contributed by atoms with Crippen LogP contribution in [0.4, 0.5) is 0 Å². The average molecular weight is 268 g/mol. The Kier molecular flexibility index (Phi) is 3.38. The van der Waals surface area contributed by atoms with Crippen molar-refractivity contribution in [1.82, 2.24) is 9.88 Å². The van der Waals surface area contributed by atoms with Crippen molar-refractivity contribution in [1.29, 1.82) is 0 Å². The van der Waals surface area contributed by atoms with Gasteiger partial charge in [0.05, 0.1) is 16.6 Å². The smallest absolute Gasteiger partial charge is 0.255 e. The lowest BCUT2D eigenvalue weighted by Gasteiger charge is -2.37. The molecule has 1 aliphatic rings. The third kappa shape index (κ3) is 2.25. The van der Waals surface area contributed by atoms with Crippen LogP contribution in [0, 0.1) is 0 Å². The van der Waals surface area contributed by atoms with E-state index in [4.69, 9.17) is 0 Å². The maximum atomic E-state index is 12.3. The third-order valence-electron chi connectivity index (χ3n) is 3.52. The SMILES string of the molecule is C[C@@H]1[C@H](C)N(C(=O)c2cccnc2)CCS1(=O)=O. The Morgan fingerprint density at radius 3 is 2.78 bits per heavy atom. The van der Waals surface area contributed by atoms with Gasteiger partial charge in [-0.25, -0.2) is 8.42 Å². The van der Waals surface area contributed by atoms with Crippen molar-refractivity contribution in [2.75, 3.05) is 12.3 Å². The number of amides is 1. The molecule has 6 heteroatoms. The quantitative estimate of drug-likeness (QED) is 0.753. The molecular formula is C12H16N2O3S. The molecule has 98 valence electrons. The summed E-state index contributed by atoms with van der Waals surface area (Å²) < 4.78 is 23.5. The fourth-order valence-corrected chi connectivity index (χ4v) is 3.68. The van der Waals surface area contributed by atoms with Crippen molar-refractivity contribution in [3.8, 4) is 0 Å². The third-order valence-corrected chi connectivity index (χ3v) is 5.80. The molecule has 0 spiro atoms. The Morgan fingerprint density at radius 1 is 1.44 bits per heavy atom. The molecule has 0 saturated carbocycles. The van der Waals surface area contributed by atoms with Crippen molar-refractivity contribution < 1.29 is 13.2 Å². The predicted molar refractivity (Wildman–Crippen MR) is 68.0 cm³/mol. The summed E-state index contributed by atoms with van der Waals surface area (Å²) in [5, 5.41) is -0.521. The van der Waals surface area contributed by atoms with E-state index in [-0.39, 0.29) is 24.2 Å². The predicted octanol–water partition coefficient (Wildman–Crippen LogP) is 0.729. The summed E-state index contributed by atoms with van der Waals surface area (Å²) in [5.74, 6) is -0.123. The highest BCUT2D eigenvalue weighted by atomic mass is 32.2. The lowest BCUT2D eigenvalue weighted by Crippen LogP contribution is -2.54.